The Morgan fingerprint density at radius 1 is 1.33 bits per heavy atom. The molecule has 1 heteroatoms. The molecule has 0 heterocycles. The maximum absolute atomic E-state index is 11.8. The molecule has 86 valence electrons. The van der Waals surface area contributed by atoms with Gasteiger partial charge in [0, 0.05) is 12.3 Å². The highest BCUT2D eigenvalue weighted by Gasteiger charge is 2.26. The van der Waals surface area contributed by atoms with Gasteiger partial charge in [-0.3, -0.25) is 4.79 Å². The van der Waals surface area contributed by atoms with Crippen LogP contribution >= 0.6 is 0 Å². The summed E-state index contributed by atoms with van der Waals surface area (Å²) in [7, 11) is 0. The number of carbonyl (C=O) groups is 1. The van der Waals surface area contributed by atoms with Gasteiger partial charge in [0.15, 0.2) is 0 Å². The van der Waals surface area contributed by atoms with Crippen LogP contribution in [0.25, 0.3) is 0 Å². The van der Waals surface area contributed by atoms with Crippen molar-refractivity contribution in [3.8, 4) is 0 Å². The maximum Gasteiger partial charge on any atom is 0.136 e. The van der Waals surface area contributed by atoms with Crippen molar-refractivity contribution in [3.05, 3.63) is 12.7 Å². The predicted molar refractivity (Wildman–Crippen MR) is 64.7 cm³/mol. The second-order valence-electron chi connectivity index (χ2n) is 5.15. The van der Waals surface area contributed by atoms with Crippen molar-refractivity contribution in [2.45, 2.75) is 52.4 Å². The minimum absolute atomic E-state index is 0.361. The van der Waals surface area contributed by atoms with E-state index in [-0.39, 0.29) is 0 Å². The molecule has 0 bridgehead atoms. The van der Waals surface area contributed by atoms with E-state index in [9.17, 15) is 4.79 Å². The summed E-state index contributed by atoms with van der Waals surface area (Å²) in [5.41, 5.74) is 0. The Morgan fingerprint density at radius 2 is 1.93 bits per heavy atom. The van der Waals surface area contributed by atoms with Crippen molar-refractivity contribution in [3.63, 3.8) is 0 Å². The van der Waals surface area contributed by atoms with Crippen LogP contribution in [-0.2, 0) is 4.79 Å². The molecule has 0 spiro atoms. The van der Waals surface area contributed by atoms with Crippen molar-refractivity contribution in [1.82, 2.24) is 0 Å². The van der Waals surface area contributed by atoms with E-state index in [2.05, 4.69) is 20.4 Å². The van der Waals surface area contributed by atoms with Gasteiger partial charge in [-0.15, -0.1) is 6.58 Å². The summed E-state index contributed by atoms with van der Waals surface area (Å²) in [4.78, 5) is 11.8. The van der Waals surface area contributed by atoms with Crippen molar-refractivity contribution in [2.75, 3.05) is 0 Å². The van der Waals surface area contributed by atoms with Crippen LogP contribution in [0.4, 0.5) is 0 Å². The van der Waals surface area contributed by atoms with Gasteiger partial charge in [-0.2, -0.15) is 0 Å². The standard InChI is InChI=1S/C14H24O/c1-4-5-6-14(15)13-9-7-12(8-10-13)11(2)3/h4,11-13H,1,5-10H2,2-3H3. The van der Waals surface area contributed by atoms with Gasteiger partial charge in [0.25, 0.3) is 0 Å². The SMILES string of the molecule is C=CCCC(=O)C1CCC(C(C)C)CC1. The van der Waals surface area contributed by atoms with Crippen LogP contribution in [-0.4, -0.2) is 5.78 Å². The Morgan fingerprint density at radius 3 is 2.40 bits per heavy atom. The molecule has 1 saturated carbocycles. The molecule has 0 radical (unpaired) electrons. The van der Waals surface area contributed by atoms with E-state index in [1.807, 2.05) is 6.08 Å². The van der Waals surface area contributed by atoms with Gasteiger partial charge in [-0.05, 0) is 43.9 Å². The summed E-state index contributed by atoms with van der Waals surface area (Å²) < 4.78 is 0. The van der Waals surface area contributed by atoms with Crippen LogP contribution in [0.15, 0.2) is 12.7 Å². The summed E-state index contributed by atoms with van der Waals surface area (Å²) in [5, 5.41) is 0. The number of rotatable bonds is 5. The van der Waals surface area contributed by atoms with E-state index < -0.39 is 0 Å². The van der Waals surface area contributed by atoms with Gasteiger partial charge < -0.3 is 0 Å². The first-order valence-corrected chi connectivity index (χ1v) is 6.28. The number of allylic oxidation sites excluding steroid dienone is 1. The fourth-order valence-corrected chi connectivity index (χ4v) is 2.56. The predicted octanol–water partition coefficient (Wildman–Crippen LogP) is 3.98. The monoisotopic (exact) mass is 208 g/mol. The number of Topliss-reactive ketones (excluding diaryl/α,β-unsaturated/α-hetero) is 1. The molecule has 0 unspecified atom stereocenters. The molecular weight excluding hydrogens is 184 g/mol. The van der Waals surface area contributed by atoms with Gasteiger partial charge in [-0.1, -0.05) is 19.9 Å². The first-order chi connectivity index (χ1) is 7.15. The molecular formula is C14H24O. The average Bonchev–Trinajstić information content (AvgIpc) is 2.26. The fraction of sp³-hybridized carbons (Fsp3) is 0.786. The summed E-state index contributed by atoms with van der Waals surface area (Å²) in [5.74, 6) is 2.47. The lowest BCUT2D eigenvalue weighted by Crippen LogP contribution is -2.23. The number of hydrogen-bond acceptors (Lipinski definition) is 1. The lowest BCUT2D eigenvalue weighted by molar-refractivity contribution is -0.124. The smallest absolute Gasteiger partial charge is 0.136 e. The molecule has 15 heavy (non-hydrogen) atoms. The van der Waals surface area contributed by atoms with Crippen LogP contribution in [0.1, 0.15) is 52.4 Å². The Hall–Kier alpha value is -0.590. The molecule has 1 rings (SSSR count). The van der Waals surface area contributed by atoms with Crippen molar-refractivity contribution in [1.29, 1.82) is 0 Å². The topological polar surface area (TPSA) is 17.1 Å². The molecule has 0 atom stereocenters. The average molecular weight is 208 g/mol. The van der Waals surface area contributed by atoms with E-state index in [0.29, 0.717) is 18.1 Å². The maximum atomic E-state index is 11.8. The van der Waals surface area contributed by atoms with Crippen molar-refractivity contribution in [2.24, 2.45) is 17.8 Å². The minimum atomic E-state index is 0.361. The summed E-state index contributed by atoms with van der Waals surface area (Å²) in [6.45, 7) is 8.25. The molecule has 0 amide bonds. The molecule has 1 aliphatic carbocycles. The molecule has 0 N–H and O–H groups in total. The summed E-state index contributed by atoms with van der Waals surface area (Å²) in [6, 6.07) is 0. The van der Waals surface area contributed by atoms with Crippen LogP contribution in [0.2, 0.25) is 0 Å². The lowest BCUT2D eigenvalue weighted by atomic mass is 9.75. The van der Waals surface area contributed by atoms with Crippen molar-refractivity contribution < 1.29 is 4.79 Å². The number of carbonyl (C=O) groups excluding carboxylic acids is 1. The van der Waals surface area contributed by atoms with Crippen LogP contribution in [0.5, 0.6) is 0 Å². The Balaban J connectivity index is 2.30. The fourth-order valence-electron chi connectivity index (χ4n) is 2.56. The molecule has 0 aromatic rings. The zero-order valence-corrected chi connectivity index (χ0v) is 10.2. The Bertz CT molecular complexity index is 209. The molecule has 0 aliphatic heterocycles. The van der Waals surface area contributed by atoms with Crippen molar-refractivity contribution >= 4 is 5.78 Å². The number of ketones is 1. The van der Waals surface area contributed by atoms with Crippen LogP contribution in [0, 0.1) is 17.8 Å². The molecule has 0 aromatic carbocycles. The molecule has 1 nitrogen and oxygen atoms in total. The van der Waals surface area contributed by atoms with E-state index >= 15 is 0 Å². The third-order valence-corrected chi connectivity index (χ3v) is 3.76. The van der Waals surface area contributed by atoms with Gasteiger partial charge in [0.2, 0.25) is 0 Å². The second-order valence-corrected chi connectivity index (χ2v) is 5.15. The van der Waals surface area contributed by atoms with Gasteiger partial charge in [-0.25, -0.2) is 0 Å². The summed E-state index contributed by atoms with van der Waals surface area (Å²) >= 11 is 0. The van der Waals surface area contributed by atoms with E-state index in [1.54, 1.807) is 0 Å². The molecule has 0 aromatic heterocycles. The van der Waals surface area contributed by atoms with E-state index in [0.717, 1.165) is 31.1 Å². The zero-order chi connectivity index (χ0) is 11.3. The summed E-state index contributed by atoms with van der Waals surface area (Å²) in [6.07, 6.45) is 8.16. The lowest BCUT2D eigenvalue weighted by Gasteiger charge is -2.30. The highest BCUT2D eigenvalue weighted by atomic mass is 16.1. The van der Waals surface area contributed by atoms with Gasteiger partial charge >= 0.3 is 0 Å². The van der Waals surface area contributed by atoms with Gasteiger partial charge in [0.05, 0.1) is 0 Å². The quantitative estimate of drug-likeness (QED) is 0.624. The zero-order valence-electron chi connectivity index (χ0n) is 10.2. The van der Waals surface area contributed by atoms with E-state index in [4.69, 9.17) is 0 Å². The third kappa shape index (κ3) is 3.81. The largest absolute Gasteiger partial charge is 0.299 e. The molecule has 1 aliphatic rings. The normalized spacial score (nSPS) is 26.6. The van der Waals surface area contributed by atoms with Crippen LogP contribution in [0.3, 0.4) is 0 Å². The molecule has 1 fully saturated rings. The third-order valence-electron chi connectivity index (χ3n) is 3.76. The second kappa shape index (κ2) is 6.09. The Kier molecular flexibility index (Phi) is 5.07. The highest BCUT2D eigenvalue weighted by molar-refractivity contribution is 5.81. The Labute approximate surface area is 93.9 Å². The highest BCUT2D eigenvalue weighted by Crippen LogP contribution is 2.34. The molecule has 0 saturated heterocycles. The van der Waals surface area contributed by atoms with Gasteiger partial charge in [0.1, 0.15) is 5.78 Å². The number of hydrogen-bond donors (Lipinski definition) is 0. The van der Waals surface area contributed by atoms with Crippen LogP contribution < -0.4 is 0 Å². The first kappa shape index (κ1) is 12.5. The minimum Gasteiger partial charge on any atom is -0.299 e. The van der Waals surface area contributed by atoms with E-state index in [1.165, 1.54) is 12.8 Å². The first-order valence-electron chi connectivity index (χ1n) is 6.28.